The predicted octanol–water partition coefficient (Wildman–Crippen LogP) is 2.67. The van der Waals surface area contributed by atoms with E-state index in [4.69, 9.17) is 5.11 Å². The van der Waals surface area contributed by atoms with Crippen molar-refractivity contribution in [3.63, 3.8) is 0 Å². The van der Waals surface area contributed by atoms with Gasteiger partial charge in [-0.1, -0.05) is 6.07 Å². The maximum atomic E-state index is 8.92. The van der Waals surface area contributed by atoms with Crippen LogP contribution < -0.4 is 0 Å². The second kappa shape index (κ2) is 3.57. The minimum absolute atomic E-state index is 0.0386. The molecule has 0 aliphatic heterocycles. The first-order valence-corrected chi connectivity index (χ1v) is 5.62. The quantitative estimate of drug-likeness (QED) is 0.828. The summed E-state index contributed by atoms with van der Waals surface area (Å²) in [6.45, 7) is 2.02. The molecule has 0 radical (unpaired) electrons. The summed E-state index contributed by atoms with van der Waals surface area (Å²) in [5.41, 5.74) is 1.01. The zero-order valence-electron chi connectivity index (χ0n) is 7.15. The van der Waals surface area contributed by atoms with Crippen molar-refractivity contribution in [2.75, 3.05) is 0 Å². The predicted molar refractivity (Wildman–Crippen MR) is 56.1 cm³/mol. The summed E-state index contributed by atoms with van der Waals surface area (Å²) in [5.74, 6) is 0. The molecule has 0 atom stereocenters. The fraction of sp³-hybridized carbons (Fsp3) is 0.222. The zero-order chi connectivity index (χ0) is 9.26. The normalized spacial score (nSPS) is 10.6. The molecule has 68 valence electrons. The highest BCUT2D eigenvalue weighted by Gasteiger charge is 2.09. The number of aryl methyl sites for hydroxylation is 1. The standard InChI is InChI=1S/C9H9NOS2/c1-6-9(7-3-2-4-12-7)13-8(5-11)10-6/h2-4,11H,5H2,1H3. The highest BCUT2D eigenvalue weighted by atomic mass is 32.1. The van der Waals surface area contributed by atoms with Gasteiger partial charge in [0.1, 0.15) is 5.01 Å². The van der Waals surface area contributed by atoms with E-state index in [9.17, 15) is 0 Å². The lowest BCUT2D eigenvalue weighted by Crippen LogP contribution is -1.79. The molecule has 0 aliphatic rings. The molecule has 4 heteroatoms. The molecule has 2 heterocycles. The second-order valence-electron chi connectivity index (χ2n) is 2.66. The third-order valence-electron chi connectivity index (χ3n) is 1.72. The Morgan fingerprint density at radius 2 is 2.38 bits per heavy atom. The van der Waals surface area contributed by atoms with E-state index in [1.54, 1.807) is 22.7 Å². The molecule has 0 saturated carbocycles. The van der Waals surface area contributed by atoms with Gasteiger partial charge in [0.2, 0.25) is 0 Å². The maximum Gasteiger partial charge on any atom is 0.119 e. The minimum Gasteiger partial charge on any atom is -0.389 e. The van der Waals surface area contributed by atoms with Gasteiger partial charge in [0.15, 0.2) is 0 Å². The molecule has 0 aliphatic carbocycles. The molecule has 0 bridgehead atoms. The number of thiazole rings is 1. The summed E-state index contributed by atoms with van der Waals surface area (Å²) in [6.07, 6.45) is 0. The van der Waals surface area contributed by atoms with Gasteiger partial charge in [-0.3, -0.25) is 0 Å². The van der Waals surface area contributed by atoms with Crippen molar-refractivity contribution in [1.82, 2.24) is 4.98 Å². The Morgan fingerprint density at radius 3 is 2.92 bits per heavy atom. The van der Waals surface area contributed by atoms with Crippen molar-refractivity contribution >= 4 is 22.7 Å². The highest BCUT2D eigenvalue weighted by Crippen LogP contribution is 2.32. The number of rotatable bonds is 2. The van der Waals surface area contributed by atoms with E-state index in [1.165, 1.54) is 9.75 Å². The first-order chi connectivity index (χ1) is 6.31. The van der Waals surface area contributed by atoms with E-state index in [2.05, 4.69) is 11.1 Å². The molecule has 1 N–H and O–H groups in total. The first-order valence-electron chi connectivity index (χ1n) is 3.92. The average Bonchev–Trinajstić information content (AvgIpc) is 2.72. The minimum atomic E-state index is 0.0386. The molecule has 2 nitrogen and oxygen atoms in total. The van der Waals surface area contributed by atoms with Gasteiger partial charge in [-0.2, -0.15) is 0 Å². The number of aliphatic hydroxyl groups excluding tert-OH is 1. The lowest BCUT2D eigenvalue weighted by Gasteiger charge is -1.89. The largest absolute Gasteiger partial charge is 0.389 e. The van der Waals surface area contributed by atoms with Crippen LogP contribution in [0.25, 0.3) is 9.75 Å². The van der Waals surface area contributed by atoms with E-state index in [0.29, 0.717) is 0 Å². The molecule has 0 fully saturated rings. The summed E-state index contributed by atoms with van der Waals surface area (Å²) in [5, 5.41) is 11.8. The van der Waals surface area contributed by atoms with Crippen LogP contribution in [0.1, 0.15) is 10.7 Å². The third kappa shape index (κ3) is 1.65. The van der Waals surface area contributed by atoms with E-state index in [0.717, 1.165) is 10.7 Å². The smallest absolute Gasteiger partial charge is 0.119 e. The van der Waals surface area contributed by atoms with Crippen LogP contribution in [-0.4, -0.2) is 10.1 Å². The monoisotopic (exact) mass is 211 g/mol. The Kier molecular flexibility index (Phi) is 2.44. The van der Waals surface area contributed by atoms with Crippen LogP contribution >= 0.6 is 22.7 Å². The molecule has 0 amide bonds. The summed E-state index contributed by atoms with van der Waals surface area (Å²) >= 11 is 3.27. The van der Waals surface area contributed by atoms with Gasteiger partial charge in [0, 0.05) is 4.88 Å². The lowest BCUT2D eigenvalue weighted by molar-refractivity contribution is 0.281. The van der Waals surface area contributed by atoms with Crippen molar-refractivity contribution < 1.29 is 5.11 Å². The van der Waals surface area contributed by atoms with E-state index >= 15 is 0 Å². The van der Waals surface area contributed by atoms with Gasteiger partial charge in [-0.15, -0.1) is 22.7 Å². The van der Waals surface area contributed by atoms with Gasteiger partial charge in [0.05, 0.1) is 17.2 Å². The Labute approximate surface area is 84.5 Å². The number of nitrogens with zero attached hydrogens (tertiary/aromatic N) is 1. The second-order valence-corrected chi connectivity index (χ2v) is 4.69. The zero-order valence-corrected chi connectivity index (χ0v) is 8.78. The van der Waals surface area contributed by atoms with Crippen LogP contribution in [0.4, 0.5) is 0 Å². The Hall–Kier alpha value is -0.710. The lowest BCUT2D eigenvalue weighted by atomic mass is 10.3. The number of hydrogen-bond acceptors (Lipinski definition) is 4. The van der Waals surface area contributed by atoms with Crippen molar-refractivity contribution in [3.8, 4) is 9.75 Å². The van der Waals surface area contributed by atoms with Gasteiger partial charge in [-0.25, -0.2) is 4.98 Å². The van der Waals surface area contributed by atoms with Crippen LogP contribution in [-0.2, 0) is 6.61 Å². The number of aliphatic hydroxyl groups is 1. The molecule has 2 aromatic heterocycles. The van der Waals surface area contributed by atoms with Crippen LogP contribution in [0.3, 0.4) is 0 Å². The Bertz CT molecular complexity index is 392. The van der Waals surface area contributed by atoms with Gasteiger partial charge in [-0.05, 0) is 18.4 Å². The fourth-order valence-corrected chi connectivity index (χ4v) is 2.99. The molecular formula is C9H9NOS2. The highest BCUT2D eigenvalue weighted by molar-refractivity contribution is 7.21. The van der Waals surface area contributed by atoms with Crippen LogP contribution in [0.2, 0.25) is 0 Å². The van der Waals surface area contributed by atoms with Crippen molar-refractivity contribution in [3.05, 3.63) is 28.2 Å². The van der Waals surface area contributed by atoms with Gasteiger partial charge >= 0.3 is 0 Å². The number of hydrogen-bond donors (Lipinski definition) is 1. The molecule has 2 rings (SSSR count). The van der Waals surface area contributed by atoms with Crippen molar-refractivity contribution in [1.29, 1.82) is 0 Å². The van der Waals surface area contributed by atoms with Gasteiger partial charge < -0.3 is 5.11 Å². The summed E-state index contributed by atoms with van der Waals surface area (Å²) in [7, 11) is 0. The molecule has 0 unspecified atom stereocenters. The molecule has 13 heavy (non-hydrogen) atoms. The maximum absolute atomic E-state index is 8.92. The summed E-state index contributed by atoms with van der Waals surface area (Å²) < 4.78 is 0. The molecule has 0 spiro atoms. The number of aromatic nitrogens is 1. The Morgan fingerprint density at radius 1 is 1.54 bits per heavy atom. The summed E-state index contributed by atoms with van der Waals surface area (Å²) in [4.78, 5) is 6.67. The SMILES string of the molecule is Cc1nc(CO)sc1-c1cccs1. The molecule has 0 saturated heterocycles. The average molecular weight is 211 g/mol. The van der Waals surface area contributed by atoms with Crippen LogP contribution in [0.5, 0.6) is 0 Å². The van der Waals surface area contributed by atoms with Crippen molar-refractivity contribution in [2.24, 2.45) is 0 Å². The number of thiophene rings is 1. The van der Waals surface area contributed by atoms with Gasteiger partial charge in [0.25, 0.3) is 0 Å². The molecule has 2 aromatic rings. The van der Waals surface area contributed by atoms with Crippen molar-refractivity contribution in [2.45, 2.75) is 13.5 Å². The van der Waals surface area contributed by atoms with E-state index in [-0.39, 0.29) is 6.61 Å². The van der Waals surface area contributed by atoms with E-state index < -0.39 is 0 Å². The van der Waals surface area contributed by atoms with E-state index in [1.807, 2.05) is 18.4 Å². The molecular weight excluding hydrogens is 202 g/mol. The third-order valence-corrected chi connectivity index (χ3v) is 3.91. The van der Waals surface area contributed by atoms with Crippen LogP contribution in [0.15, 0.2) is 17.5 Å². The topological polar surface area (TPSA) is 33.1 Å². The Balaban J connectivity index is 2.46. The fourth-order valence-electron chi connectivity index (χ4n) is 1.16. The first kappa shape index (κ1) is 8.87. The summed E-state index contributed by atoms with van der Waals surface area (Å²) in [6, 6.07) is 4.10. The van der Waals surface area contributed by atoms with Crippen LogP contribution in [0, 0.1) is 6.92 Å². The molecule has 0 aromatic carbocycles.